The Morgan fingerprint density at radius 3 is 2.00 bits per heavy atom. The molecule has 5 heteroatoms. The van der Waals surface area contributed by atoms with Gasteiger partial charge in [-0.3, -0.25) is 19.3 Å². The van der Waals surface area contributed by atoms with Crippen molar-refractivity contribution in [1.82, 2.24) is 10.2 Å². The molecule has 1 heterocycles. The van der Waals surface area contributed by atoms with E-state index >= 15 is 0 Å². The molecule has 2 atom stereocenters. The van der Waals surface area contributed by atoms with Crippen molar-refractivity contribution in [2.24, 2.45) is 11.8 Å². The SMILES string of the molecule is O=C(CN1C(=O)[C@H]2CCCC[C@H]2C1=O)NC1CCCCC1. The first kappa shape index (κ1) is 14.5. The van der Waals surface area contributed by atoms with Gasteiger partial charge in [0.15, 0.2) is 0 Å². The van der Waals surface area contributed by atoms with E-state index in [0.717, 1.165) is 51.4 Å². The van der Waals surface area contributed by atoms with E-state index in [-0.39, 0.29) is 42.1 Å². The molecule has 21 heavy (non-hydrogen) atoms. The van der Waals surface area contributed by atoms with Crippen molar-refractivity contribution in [1.29, 1.82) is 0 Å². The fourth-order valence-electron chi connectivity index (χ4n) is 4.05. The molecule has 0 radical (unpaired) electrons. The van der Waals surface area contributed by atoms with Gasteiger partial charge < -0.3 is 5.32 Å². The van der Waals surface area contributed by atoms with Crippen LogP contribution in [-0.4, -0.2) is 35.2 Å². The van der Waals surface area contributed by atoms with Gasteiger partial charge in [0.25, 0.3) is 0 Å². The van der Waals surface area contributed by atoms with Crippen LogP contribution in [0.15, 0.2) is 0 Å². The zero-order valence-electron chi connectivity index (χ0n) is 12.5. The van der Waals surface area contributed by atoms with Crippen LogP contribution in [0.2, 0.25) is 0 Å². The molecule has 0 aromatic carbocycles. The third-order valence-corrected chi connectivity index (χ3v) is 5.20. The van der Waals surface area contributed by atoms with E-state index in [1.54, 1.807) is 0 Å². The summed E-state index contributed by atoms with van der Waals surface area (Å²) in [5.41, 5.74) is 0. The molecular weight excluding hydrogens is 268 g/mol. The normalized spacial score (nSPS) is 30.4. The summed E-state index contributed by atoms with van der Waals surface area (Å²) in [7, 11) is 0. The summed E-state index contributed by atoms with van der Waals surface area (Å²) < 4.78 is 0. The van der Waals surface area contributed by atoms with E-state index in [2.05, 4.69) is 5.32 Å². The fourth-order valence-corrected chi connectivity index (χ4v) is 4.05. The number of nitrogens with zero attached hydrogens (tertiary/aromatic N) is 1. The fraction of sp³-hybridized carbons (Fsp3) is 0.812. The Kier molecular flexibility index (Phi) is 4.27. The van der Waals surface area contributed by atoms with E-state index in [4.69, 9.17) is 0 Å². The third kappa shape index (κ3) is 2.97. The van der Waals surface area contributed by atoms with Gasteiger partial charge in [0, 0.05) is 6.04 Å². The van der Waals surface area contributed by atoms with E-state index in [1.807, 2.05) is 0 Å². The molecule has 2 aliphatic carbocycles. The van der Waals surface area contributed by atoms with Gasteiger partial charge in [-0.15, -0.1) is 0 Å². The molecule has 1 saturated heterocycles. The van der Waals surface area contributed by atoms with Gasteiger partial charge in [0.1, 0.15) is 6.54 Å². The van der Waals surface area contributed by atoms with Crippen LogP contribution in [0.4, 0.5) is 0 Å². The minimum Gasteiger partial charge on any atom is -0.352 e. The standard InChI is InChI=1S/C16H24N2O3/c19-14(17-11-6-2-1-3-7-11)10-18-15(20)12-8-4-5-9-13(12)16(18)21/h11-13H,1-10H2,(H,17,19)/t12-,13+. The van der Waals surface area contributed by atoms with Crippen LogP contribution in [0.1, 0.15) is 57.8 Å². The Bertz CT molecular complexity index is 419. The second kappa shape index (κ2) is 6.16. The maximum Gasteiger partial charge on any atom is 0.240 e. The van der Waals surface area contributed by atoms with Crippen molar-refractivity contribution < 1.29 is 14.4 Å². The van der Waals surface area contributed by atoms with Crippen molar-refractivity contribution in [3.63, 3.8) is 0 Å². The average Bonchev–Trinajstić information content (AvgIpc) is 2.74. The summed E-state index contributed by atoms with van der Waals surface area (Å²) in [4.78, 5) is 37.9. The van der Waals surface area contributed by atoms with Crippen molar-refractivity contribution in [2.75, 3.05) is 6.54 Å². The van der Waals surface area contributed by atoms with E-state index in [1.165, 1.54) is 11.3 Å². The zero-order valence-corrected chi connectivity index (χ0v) is 12.5. The molecule has 3 amide bonds. The van der Waals surface area contributed by atoms with Gasteiger partial charge in [0.2, 0.25) is 17.7 Å². The molecule has 3 fully saturated rings. The lowest BCUT2D eigenvalue weighted by Crippen LogP contribution is -2.45. The van der Waals surface area contributed by atoms with E-state index in [9.17, 15) is 14.4 Å². The number of rotatable bonds is 3. The van der Waals surface area contributed by atoms with Gasteiger partial charge in [-0.05, 0) is 25.7 Å². The van der Waals surface area contributed by atoms with Gasteiger partial charge in [-0.25, -0.2) is 0 Å². The molecule has 1 aliphatic heterocycles. The largest absolute Gasteiger partial charge is 0.352 e. The first-order valence-corrected chi connectivity index (χ1v) is 8.31. The summed E-state index contributed by atoms with van der Waals surface area (Å²) in [6.07, 6.45) is 9.19. The highest BCUT2D eigenvalue weighted by Crippen LogP contribution is 2.37. The molecule has 3 aliphatic rings. The Balaban J connectivity index is 1.57. The number of fused-ring (bicyclic) bond motifs is 1. The van der Waals surface area contributed by atoms with Crippen molar-refractivity contribution in [3.8, 4) is 0 Å². The smallest absolute Gasteiger partial charge is 0.240 e. The van der Waals surface area contributed by atoms with Crippen LogP contribution in [0, 0.1) is 11.8 Å². The molecule has 0 aromatic heterocycles. The maximum atomic E-state index is 12.3. The Morgan fingerprint density at radius 1 is 0.905 bits per heavy atom. The molecule has 0 spiro atoms. The Hall–Kier alpha value is -1.39. The average molecular weight is 292 g/mol. The Morgan fingerprint density at radius 2 is 1.43 bits per heavy atom. The number of likely N-dealkylation sites (tertiary alicyclic amines) is 1. The molecule has 0 aromatic rings. The molecule has 0 unspecified atom stereocenters. The lowest BCUT2D eigenvalue weighted by atomic mass is 9.81. The maximum absolute atomic E-state index is 12.3. The number of imide groups is 1. The molecule has 0 bridgehead atoms. The summed E-state index contributed by atoms with van der Waals surface area (Å²) in [5.74, 6) is -0.739. The van der Waals surface area contributed by atoms with Crippen LogP contribution < -0.4 is 5.32 Å². The molecule has 1 N–H and O–H groups in total. The summed E-state index contributed by atoms with van der Waals surface area (Å²) in [5, 5.41) is 2.98. The topological polar surface area (TPSA) is 66.5 Å². The summed E-state index contributed by atoms with van der Waals surface area (Å²) in [6, 6.07) is 0.223. The number of carbonyl (C=O) groups excluding carboxylic acids is 3. The second-order valence-corrected chi connectivity index (χ2v) is 6.66. The number of hydrogen-bond donors (Lipinski definition) is 1. The van der Waals surface area contributed by atoms with Crippen LogP contribution in [-0.2, 0) is 14.4 Å². The summed E-state index contributed by atoms with van der Waals surface area (Å²) in [6.45, 7) is -0.0822. The van der Waals surface area contributed by atoms with Crippen LogP contribution in [0.5, 0.6) is 0 Å². The molecule has 2 saturated carbocycles. The predicted octanol–water partition coefficient (Wildman–Crippen LogP) is 1.61. The summed E-state index contributed by atoms with van der Waals surface area (Å²) >= 11 is 0. The number of hydrogen-bond acceptors (Lipinski definition) is 3. The van der Waals surface area contributed by atoms with Crippen LogP contribution in [0.3, 0.4) is 0 Å². The number of amides is 3. The zero-order chi connectivity index (χ0) is 14.8. The van der Waals surface area contributed by atoms with Gasteiger partial charge in [0.05, 0.1) is 11.8 Å². The van der Waals surface area contributed by atoms with E-state index < -0.39 is 0 Å². The molecule has 5 nitrogen and oxygen atoms in total. The van der Waals surface area contributed by atoms with E-state index in [0.29, 0.717) is 0 Å². The third-order valence-electron chi connectivity index (χ3n) is 5.20. The highest BCUT2D eigenvalue weighted by atomic mass is 16.2. The molecular formula is C16H24N2O3. The minimum atomic E-state index is -0.178. The lowest BCUT2D eigenvalue weighted by Gasteiger charge is -2.24. The van der Waals surface area contributed by atoms with Gasteiger partial charge in [-0.1, -0.05) is 32.1 Å². The van der Waals surface area contributed by atoms with Crippen LogP contribution in [0.25, 0.3) is 0 Å². The second-order valence-electron chi connectivity index (χ2n) is 6.66. The number of nitrogens with one attached hydrogen (secondary N) is 1. The first-order chi connectivity index (χ1) is 10.2. The van der Waals surface area contributed by atoms with Gasteiger partial charge >= 0.3 is 0 Å². The van der Waals surface area contributed by atoms with Crippen molar-refractivity contribution in [2.45, 2.75) is 63.8 Å². The van der Waals surface area contributed by atoms with Crippen molar-refractivity contribution >= 4 is 17.7 Å². The first-order valence-electron chi connectivity index (χ1n) is 8.31. The van der Waals surface area contributed by atoms with Gasteiger partial charge in [-0.2, -0.15) is 0 Å². The predicted molar refractivity (Wildman–Crippen MR) is 77.2 cm³/mol. The lowest BCUT2D eigenvalue weighted by molar-refractivity contribution is -0.143. The van der Waals surface area contributed by atoms with Crippen molar-refractivity contribution in [3.05, 3.63) is 0 Å². The highest BCUT2D eigenvalue weighted by molar-refractivity contribution is 6.07. The highest BCUT2D eigenvalue weighted by Gasteiger charge is 2.48. The van der Waals surface area contributed by atoms with Crippen LogP contribution >= 0.6 is 0 Å². The quantitative estimate of drug-likeness (QED) is 0.804. The Labute approximate surface area is 125 Å². The molecule has 116 valence electrons. The minimum absolute atomic E-state index is 0.0822. The molecule has 3 rings (SSSR count). The monoisotopic (exact) mass is 292 g/mol. The number of carbonyl (C=O) groups is 3.